The van der Waals surface area contributed by atoms with Crippen LogP contribution in [-0.2, 0) is 4.79 Å². The second-order valence-electron chi connectivity index (χ2n) is 7.85. The maximum atomic E-state index is 12.7. The summed E-state index contributed by atoms with van der Waals surface area (Å²) >= 11 is 0. The van der Waals surface area contributed by atoms with Crippen molar-refractivity contribution in [1.29, 1.82) is 0 Å². The van der Waals surface area contributed by atoms with Crippen LogP contribution < -0.4 is 0 Å². The van der Waals surface area contributed by atoms with Gasteiger partial charge in [0.1, 0.15) is 0 Å². The van der Waals surface area contributed by atoms with E-state index in [0.717, 1.165) is 36.5 Å². The summed E-state index contributed by atoms with van der Waals surface area (Å²) in [7, 11) is 2.12. The van der Waals surface area contributed by atoms with Crippen LogP contribution in [0.25, 0.3) is 0 Å². The number of hydrogen-bond acceptors (Lipinski definition) is 1. The van der Waals surface area contributed by atoms with Crippen LogP contribution >= 0.6 is 0 Å². The lowest BCUT2D eigenvalue weighted by Crippen LogP contribution is -2.57. The summed E-state index contributed by atoms with van der Waals surface area (Å²) in [5.74, 6) is 4.54. The zero-order chi connectivity index (χ0) is 13.0. The zero-order valence-corrected chi connectivity index (χ0v) is 12.2. The smallest absolute Gasteiger partial charge is 0.225 e. The van der Waals surface area contributed by atoms with E-state index in [-0.39, 0.29) is 0 Å². The van der Waals surface area contributed by atoms with E-state index in [1.165, 1.54) is 44.9 Å². The fourth-order valence-corrected chi connectivity index (χ4v) is 6.14. The highest BCUT2D eigenvalue weighted by molar-refractivity contribution is 5.79. The molecule has 19 heavy (non-hydrogen) atoms. The lowest BCUT2D eigenvalue weighted by Gasteiger charge is -2.56. The Morgan fingerprint density at radius 2 is 1.42 bits per heavy atom. The second-order valence-corrected chi connectivity index (χ2v) is 7.85. The van der Waals surface area contributed by atoms with E-state index in [1.54, 1.807) is 0 Å². The molecule has 106 valence electrons. The van der Waals surface area contributed by atoms with E-state index in [2.05, 4.69) is 11.9 Å². The number of carbonyl (C=O) groups excluding carboxylic acids is 1. The van der Waals surface area contributed by atoms with Crippen molar-refractivity contribution in [2.75, 3.05) is 7.05 Å². The molecule has 0 saturated heterocycles. The van der Waals surface area contributed by atoms with Crippen molar-refractivity contribution < 1.29 is 4.79 Å². The molecule has 5 saturated carbocycles. The predicted molar refractivity (Wildman–Crippen MR) is 75.6 cm³/mol. The highest BCUT2D eigenvalue weighted by Crippen LogP contribution is 2.55. The molecule has 0 heterocycles. The summed E-state index contributed by atoms with van der Waals surface area (Å²) < 4.78 is 0. The van der Waals surface area contributed by atoms with Gasteiger partial charge in [0.05, 0.1) is 0 Å². The molecular weight excluding hydrogens is 234 g/mol. The predicted octanol–water partition coefficient (Wildman–Crippen LogP) is 3.46. The molecule has 0 aromatic heterocycles. The molecule has 0 aromatic carbocycles. The molecule has 0 atom stereocenters. The first-order valence-electron chi connectivity index (χ1n) is 8.49. The second kappa shape index (κ2) is 4.49. The largest absolute Gasteiger partial charge is 0.342 e. The SMILES string of the molecule is CN(C(=O)C1CCCC1)C1C2CC3CC(C2)CC1C3. The van der Waals surface area contributed by atoms with Gasteiger partial charge in [-0.1, -0.05) is 12.8 Å². The van der Waals surface area contributed by atoms with Crippen LogP contribution in [0, 0.1) is 29.6 Å². The minimum atomic E-state index is 0.363. The highest BCUT2D eigenvalue weighted by atomic mass is 16.2. The maximum Gasteiger partial charge on any atom is 0.225 e. The van der Waals surface area contributed by atoms with Gasteiger partial charge in [-0.15, -0.1) is 0 Å². The van der Waals surface area contributed by atoms with Crippen LogP contribution in [0.2, 0.25) is 0 Å². The van der Waals surface area contributed by atoms with Gasteiger partial charge in [0.2, 0.25) is 5.91 Å². The van der Waals surface area contributed by atoms with E-state index < -0.39 is 0 Å². The number of hydrogen-bond donors (Lipinski definition) is 0. The molecule has 5 aliphatic carbocycles. The number of nitrogens with zero attached hydrogens (tertiary/aromatic N) is 1. The summed E-state index contributed by atoms with van der Waals surface area (Å²) in [5, 5.41) is 0. The zero-order valence-electron chi connectivity index (χ0n) is 12.2. The number of rotatable bonds is 2. The van der Waals surface area contributed by atoms with Crippen LogP contribution in [0.15, 0.2) is 0 Å². The lowest BCUT2D eigenvalue weighted by atomic mass is 9.54. The quantitative estimate of drug-likeness (QED) is 0.745. The van der Waals surface area contributed by atoms with E-state index in [4.69, 9.17) is 0 Å². The third kappa shape index (κ3) is 1.94. The van der Waals surface area contributed by atoms with Crippen molar-refractivity contribution in [3.05, 3.63) is 0 Å². The molecule has 2 nitrogen and oxygen atoms in total. The van der Waals surface area contributed by atoms with Gasteiger partial charge < -0.3 is 4.90 Å². The summed E-state index contributed by atoms with van der Waals surface area (Å²) in [4.78, 5) is 14.9. The molecule has 0 aliphatic heterocycles. The Hall–Kier alpha value is -0.530. The Morgan fingerprint density at radius 1 is 0.895 bits per heavy atom. The van der Waals surface area contributed by atoms with Crippen molar-refractivity contribution in [1.82, 2.24) is 4.90 Å². The Morgan fingerprint density at radius 3 is 1.95 bits per heavy atom. The van der Waals surface area contributed by atoms with Crippen molar-refractivity contribution in [2.24, 2.45) is 29.6 Å². The topological polar surface area (TPSA) is 20.3 Å². The molecule has 0 spiro atoms. The van der Waals surface area contributed by atoms with E-state index in [9.17, 15) is 4.79 Å². The molecule has 0 radical (unpaired) electrons. The number of amides is 1. The average molecular weight is 261 g/mol. The third-order valence-corrected chi connectivity index (χ3v) is 6.68. The van der Waals surface area contributed by atoms with Crippen molar-refractivity contribution in [3.8, 4) is 0 Å². The molecule has 0 N–H and O–H groups in total. The molecular formula is C17H27NO. The van der Waals surface area contributed by atoms with Crippen molar-refractivity contribution >= 4 is 5.91 Å². The van der Waals surface area contributed by atoms with Crippen LogP contribution in [0.1, 0.15) is 57.8 Å². The molecule has 5 rings (SSSR count). The molecule has 5 fully saturated rings. The Balaban J connectivity index is 1.50. The first-order valence-corrected chi connectivity index (χ1v) is 8.49. The molecule has 0 unspecified atom stereocenters. The molecule has 1 amide bonds. The van der Waals surface area contributed by atoms with E-state index in [0.29, 0.717) is 17.9 Å². The normalized spacial score (nSPS) is 44.8. The van der Waals surface area contributed by atoms with Crippen molar-refractivity contribution in [3.63, 3.8) is 0 Å². The summed E-state index contributed by atoms with van der Waals surface area (Å²) in [5.41, 5.74) is 0. The molecule has 2 heteroatoms. The molecule has 4 bridgehead atoms. The van der Waals surface area contributed by atoms with Gasteiger partial charge in [-0.3, -0.25) is 4.79 Å². The third-order valence-electron chi connectivity index (χ3n) is 6.68. The Labute approximate surface area is 116 Å². The molecule has 5 aliphatic rings. The highest BCUT2D eigenvalue weighted by Gasteiger charge is 2.50. The summed E-state index contributed by atoms with van der Waals surface area (Å²) in [6, 6.07) is 0.598. The van der Waals surface area contributed by atoms with Crippen LogP contribution in [0.3, 0.4) is 0 Å². The Kier molecular flexibility index (Phi) is 2.89. The van der Waals surface area contributed by atoms with E-state index >= 15 is 0 Å². The fourth-order valence-electron chi connectivity index (χ4n) is 6.14. The van der Waals surface area contributed by atoms with Gasteiger partial charge >= 0.3 is 0 Å². The minimum absolute atomic E-state index is 0.363. The maximum absolute atomic E-state index is 12.7. The summed E-state index contributed by atoms with van der Waals surface area (Å²) in [6.45, 7) is 0. The van der Waals surface area contributed by atoms with Crippen LogP contribution in [0.4, 0.5) is 0 Å². The average Bonchev–Trinajstić information content (AvgIpc) is 2.90. The molecule has 0 aromatic rings. The Bertz CT molecular complexity index is 343. The standard InChI is InChI=1S/C17H27NO/c1-18(17(19)13-4-2-3-5-13)16-14-7-11-6-12(9-14)10-15(16)8-11/h11-16H,2-10H2,1H3. The van der Waals surface area contributed by atoms with Gasteiger partial charge in [-0.2, -0.15) is 0 Å². The summed E-state index contributed by atoms with van der Waals surface area (Å²) in [6.07, 6.45) is 12.0. The minimum Gasteiger partial charge on any atom is -0.342 e. The van der Waals surface area contributed by atoms with Gasteiger partial charge in [-0.05, 0) is 68.6 Å². The fraction of sp³-hybridized carbons (Fsp3) is 0.941. The monoisotopic (exact) mass is 261 g/mol. The van der Waals surface area contributed by atoms with Gasteiger partial charge in [0.15, 0.2) is 0 Å². The van der Waals surface area contributed by atoms with E-state index in [1.807, 2.05) is 0 Å². The van der Waals surface area contributed by atoms with Gasteiger partial charge in [-0.25, -0.2) is 0 Å². The van der Waals surface area contributed by atoms with Crippen molar-refractivity contribution in [2.45, 2.75) is 63.8 Å². The van der Waals surface area contributed by atoms with Gasteiger partial charge in [0, 0.05) is 19.0 Å². The number of carbonyl (C=O) groups is 1. The van der Waals surface area contributed by atoms with Crippen LogP contribution in [-0.4, -0.2) is 23.9 Å². The first kappa shape index (κ1) is 12.2. The van der Waals surface area contributed by atoms with Gasteiger partial charge in [0.25, 0.3) is 0 Å². The van der Waals surface area contributed by atoms with Crippen LogP contribution in [0.5, 0.6) is 0 Å². The lowest BCUT2D eigenvalue weighted by molar-refractivity contribution is -0.145. The first-order chi connectivity index (χ1) is 9.22.